The fraction of sp³-hybridized carbons (Fsp3) is 0.412. The van der Waals surface area contributed by atoms with E-state index < -0.39 is 0 Å². The van der Waals surface area contributed by atoms with Crippen LogP contribution in [0.2, 0.25) is 0 Å². The highest BCUT2D eigenvalue weighted by Crippen LogP contribution is 2.21. The van der Waals surface area contributed by atoms with Crippen LogP contribution in [0.3, 0.4) is 0 Å². The standard InChI is InChI=1S/C17H22N2O/c1-6-16-12(3)18-19(13(16)4)14(5)17(20)15-9-7-11(2)8-10-15/h7-10,14H,6H2,1-5H3. The molecule has 0 radical (unpaired) electrons. The van der Waals surface area contributed by atoms with Gasteiger partial charge in [-0.1, -0.05) is 36.8 Å². The summed E-state index contributed by atoms with van der Waals surface area (Å²) >= 11 is 0. The lowest BCUT2D eigenvalue weighted by Crippen LogP contribution is -2.19. The van der Waals surface area contributed by atoms with Gasteiger partial charge in [0.2, 0.25) is 0 Å². The van der Waals surface area contributed by atoms with E-state index in [1.807, 2.05) is 56.6 Å². The largest absolute Gasteiger partial charge is 0.292 e. The van der Waals surface area contributed by atoms with Crippen molar-refractivity contribution in [2.24, 2.45) is 0 Å². The third-order valence-electron chi connectivity index (χ3n) is 3.91. The van der Waals surface area contributed by atoms with Gasteiger partial charge in [-0.3, -0.25) is 9.48 Å². The normalized spacial score (nSPS) is 12.4. The first-order valence-electron chi connectivity index (χ1n) is 7.11. The summed E-state index contributed by atoms with van der Waals surface area (Å²) in [5.74, 6) is 0.109. The van der Waals surface area contributed by atoms with E-state index in [1.54, 1.807) is 0 Å². The van der Waals surface area contributed by atoms with Crippen molar-refractivity contribution >= 4 is 5.78 Å². The Labute approximate surface area is 120 Å². The maximum Gasteiger partial charge on any atom is 0.187 e. The van der Waals surface area contributed by atoms with Gasteiger partial charge in [0.25, 0.3) is 0 Å². The Kier molecular flexibility index (Phi) is 4.07. The van der Waals surface area contributed by atoms with Crippen LogP contribution < -0.4 is 0 Å². The molecular weight excluding hydrogens is 248 g/mol. The van der Waals surface area contributed by atoms with Gasteiger partial charge in [-0.2, -0.15) is 5.10 Å². The molecule has 0 spiro atoms. The quantitative estimate of drug-likeness (QED) is 0.792. The van der Waals surface area contributed by atoms with Gasteiger partial charge < -0.3 is 0 Å². The predicted molar refractivity (Wildman–Crippen MR) is 81.3 cm³/mol. The van der Waals surface area contributed by atoms with Gasteiger partial charge in [-0.25, -0.2) is 0 Å². The number of rotatable bonds is 4. The predicted octanol–water partition coefficient (Wildman–Crippen LogP) is 3.81. The molecule has 0 N–H and O–H groups in total. The maximum absolute atomic E-state index is 12.6. The molecule has 0 bridgehead atoms. The lowest BCUT2D eigenvalue weighted by atomic mass is 10.0. The van der Waals surface area contributed by atoms with Gasteiger partial charge in [0, 0.05) is 11.3 Å². The Balaban J connectivity index is 2.33. The first-order valence-corrected chi connectivity index (χ1v) is 7.11. The van der Waals surface area contributed by atoms with E-state index in [0.29, 0.717) is 0 Å². The molecule has 1 atom stereocenters. The van der Waals surface area contributed by atoms with Crippen LogP contribution in [0.1, 0.15) is 52.8 Å². The average Bonchev–Trinajstić information content (AvgIpc) is 2.72. The van der Waals surface area contributed by atoms with Crippen molar-refractivity contribution in [1.29, 1.82) is 0 Å². The van der Waals surface area contributed by atoms with Crippen molar-refractivity contribution in [3.05, 3.63) is 52.3 Å². The number of carbonyl (C=O) groups is 1. The topological polar surface area (TPSA) is 34.9 Å². The van der Waals surface area contributed by atoms with Crippen LogP contribution in [-0.4, -0.2) is 15.6 Å². The fourth-order valence-corrected chi connectivity index (χ4v) is 2.66. The van der Waals surface area contributed by atoms with Crippen molar-refractivity contribution in [3.8, 4) is 0 Å². The molecule has 0 aliphatic carbocycles. The molecule has 20 heavy (non-hydrogen) atoms. The van der Waals surface area contributed by atoms with Gasteiger partial charge >= 0.3 is 0 Å². The van der Waals surface area contributed by atoms with Crippen LogP contribution in [0.4, 0.5) is 0 Å². The van der Waals surface area contributed by atoms with Crippen molar-refractivity contribution in [2.75, 3.05) is 0 Å². The molecule has 0 aliphatic rings. The van der Waals surface area contributed by atoms with E-state index >= 15 is 0 Å². The number of hydrogen-bond acceptors (Lipinski definition) is 2. The Hall–Kier alpha value is -1.90. The van der Waals surface area contributed by atoms with Crippen LogP contribution in [0.25, 0.3) is 0 Å². The number of ketones is 1. The van der Waals surface area contributed by atoms with E-state index in [4.69, 9.17) is 0 Å². The minimum Gasteiger partial charge on any atom is -0.292 e. The number of Topliss-reactive ketones (excluding diaryl/α,β-unsaturated/α-hetero) is 1. The van der Waals surface area contributed by atoms with Crippen LogP contribution >= 0.6 is 0 Å². The Morgan fingerprint density at radius 2 is 1.80 bits per heavy atom. The molecule has 0 saturated carbocycles. The molecule has 2 rings (SSSR count). The number of aryl methyl sites for hydroxylation is 2. The second-order valence-electron chi connectivity index (χ2n) is 5.35. The van der Waals surface area contributed by atoms with Crippen LogP contribution in [0, 0.1) is 20.8 Å². The Bertz CT molecular complexity index is 623. The number of benzene rings is 1. The van der Waals surface area contributed by atoms with E-state index in [2.05, 4.69) is 12.0 Å². The third-order valence-corrected chi connectivity index (χ3v) is 3.91. The maximum atomic E-state index is 12.6. The highest BCUT2D eigenvalue weighted by atomic mass is 16.1. The summed E-state index contributed by atoms with van der Waals surface area (Å²) in [4.78, 5) is 12.6. The first kappa shape index (κ1) is 14.5. The summed E-state index contributed by atoms with van der Waals surface area (Å²) in [6.45, 7) is 10.1. The molecule has 3 heteroatoms. The lowest BCUT2D eigenvalue weighted by Gasteiger charge is -2.14. The molecule has 0 fully saturated rings. The monoisotopic (exact) mass is 270 g/mol. The minimum atomic E-state index is -0.267. The molecule has 0 aliphatic heterocycles. The van der Waals surface area contributed by atoms with Gasteiger partial charge in [-0.05, 0) is 39.7 Å². The highest BCUT2D eigenvalue weighted by Gasteiger charge is 2.21. The second kappa shape index (κ2) is 5.61. The molecule has 1 aromatic carbocycles. The molecule has 1 aromatic heterocycles. The van der Waals surface area contributed by atoms with E-state index in [1.165, 1.54) is 5.56 Å². The van der Waals surface area contributed by atoms with Crippen molar-refractivity contribution in [2.45, 2.75) is 47.1 Å². The minimum absolute atomic E-state index is 0.109. The summed E-state index contributed by atoms with van der Waals surface area (Å²) in [5, 5.41) is 4.54. The molecule has 0 saturated heterocycles. The summed E-state index contributed by atoms with van der Waals surface area (Å²) in [5.41, 5.74) is 5.27. The van der Waals surface area contributed by atoms with E-state index in [9.17, 15) is 4.79 Å². The summed E-state index contributed by atoms with van der Waals surface area (Å²) < 4.78 is 1.86. The lowest BCUT2D eigenvalue weighted by molar-refractivity contribution is 0.0926. The molecule has 0 amide bonds. The zero-order valence-corrected chi connectivity index (χ0v) is 12.9. The Morgan fingerprint density at radius 3 is 2.30 bits per heavy atom. The molecule has 1 heterocycles. The molecule has 106 valence electrons. The Morgan fingerprint density at radius 1 is 1.20 bits per heavy atom. The summed E-state index contributed by atoms with van der Waals surface area (Å²) in [6.07, 6.45) is 0.948. The number of hydrogen-bond donors (Lipinski definition) is 0. The van der Waals surface area contributed by atoms with Gasteiger partial charge in [-0.15, -0.1) is 0 Å². The van der Waals surface area contributed by atoms with Crippen molar-refractivity contribution in [1.82, 2.24) is 9.78 Å². The van der Waals surface area contributed by atoms with Crippen molar-refractivity contribution < 1.29 is 4.79 Å². The third kappa shape index (κ3) is 2.53. The average molecular weight is 270 g/mol. The van der Waals surface area contributed by atoms with E-state index in [0.717, 1.165) is 28.9 Å². The number of nitrogens with zero attached hydrogens (tertiary/aromatic N) is 2. The van der Waals surface area contributed by atoms with Gasteiger partial charge in [0.15, 0.2) is 5.78 Å². The highest BCUT2D eigenvalue weighted by molar-refractivity contribution is 5.98. The van der Waals surface area contributed by atoms with Gasteiger partial charge in [0.1, 0.15) is 6.04 Å². The van der Waals surface area contributed by atoms with Crippen LogP contribution in [-0.2, 0) is 6.42 Å². The smallest absolute Gasteiger partial charge is 0.187 e. The zero-order chi connectivity index (χ0) is 14.9. The van der Waals surface area contributed by atoms with Crippen LogP contribution in [0.15, 0.2) is 24.3 Å². The number of aromatic nitrogens is 2. The zero-order valence-electron chi connectivity index (χ0n) is 12.9. The first-order chi connectivity index (χ1) is 9.45. The summed E-state index contributed by atoms with van der Waals surface area (Å²) in [6, 6.07) is 7.45. The molecule has 2 aromatic rings. The van der Waals surface area contributed by atoms with Crippen molar-refractivity contribution in [3.63, 3.8) is 0 Å². The molecular formula is C17H22N2O. The SMILES string of the molecule is CCc1c(C)nn(C(C)C(=O)c2ccc(C)cc2)c1C. The second-order valence-corrected chi connectivity index (χ2v) is 5.35. The van der Waals surface area contributed by atoms with E-state index in [-0.39, 0.29) is 11.8 Å². The van der Waals surface area contributed by atoms with Crippen LogP contribution in [0.5, 0.6) is 0 Å². The molecule has 1 unspecified atom stereocenters. The molecule has 3 nitrogen and oxygen atoms in total. The fourth-order valence-electron chi connectivity index (χ4n) is 2.66. The number of carbonyl (C=O) groups excluding carboxylic acids is 1. The van der Waals surface area contributed by atoms with Gasteiger partial charge in [0.05, 0.1) is 5.69 Å². The summed E-state index contributed by atoms with van der Waals surface area (Å²) in [7, 11) is 0.